The van der Waals surface area contributed by atoms with Crippen LogP contribution in [0.25, 0.3) is 177 Å². The van der Waals surface area contributed by atoms with E-state index < -0.39 is 0 Å². The summed E-state index contributed by atoms with van der Waals surface area (Å²) in [5.74, 6) is 1.15. The topological polar surface area (TPSA) is 97.3 Å². The van der Waals surface area contributed by atoms with Gasteiger partial charge in [0.05, 0.1) is 55.5 Å². The van der Waals surface area contributed by atoms with E-state index in [1.54, 1.807) is 12.7 Å². The summed E-state index contributed by atoms with van der Waals surface area (Å²) in [7, 11) is 0. The lowest BCUT2D eigenvalue weighted by Crippen LogP contribution is -2.04. The zero-order valence-electron chi connectivity index (χ0n) is 47.6. The fourth-order valence-electron chi connectivity index (χ4n) is 14.0. The maximum absolute atomic E-state index is 6.74. The van der Waals surface area contributed by atoms with E-state index in [0.717, 1.165) is 160 Å². The molecule has 7 heterocycles. The molecule has 19 rings (SSSR count). The summed E-state index contributed by atoms with van der Waals surface area (Å²) in [4.78, 5) is 24.6. The second-order valence-corrected chi connectivity index (χ2v) is 22.9. The predicted octanol–water partition coefficient (Wildman–Crippen LogP) is 19.6. The van der Waals surface area contributed by atoms with Gasteiger partial charge in [-0.15, -0.1) is 0 Å². The zero-order valence-corrected chi connectivity index (χ0v) is 47.6. The van der Waals surface area contributed by atoms with Gasteiger partial charge in [0.1, 0.15) is 18.2 Å². The quantitative estimate of drug-likeness (QED) is 0.150. The molecule has 0 aliphatic heterocycles. The molecule has 0 saturated carbocycles. The molecule has 10 nitrogen and oxygen atoms in total. The Bertz CT molecular complexity index is 6030. The third-order valence-electron chi connectivity index (χ3n) is 18.0. The molecule has 19 aromatic rings. The molecular weight excluding hydrogens is 1090 g/mol. The number of benzene rings is 12. The summed E-state index contributed by atoms with van der Waals surface area (Å²) in [5, 5.41) is 11.1. The summed E-state index contributed by atoms with van der Waals surface area (Å²) >= 11 is 0. The van der Waals surface area contributed by atoms with Crippen LogP contribution in [0.5, 0.6) is 0 Å². The molecule has 414 valence electrons. The molecule has 0 fully saturated rings. The van der Waals surface area contributed by atoms with Crippen LogP contribution < -0.4 is 0 Å². The lowest BCUT2D eigenvalue weighted by atomic mass is 9.98. The van der Waals surface area contributed by atoms with Crippen molar-refractivity contribution in [2.45, 2.75) is 0 Å². The van der Waals surface area contributed by atoms with Crippen molar-refractivity contribution in [2.75, 3.05) is 0 Å². The monoisotopic (exact) mass is 1140 g/mol. The maximum atomic E-state index is 6.74. The van der Waals surface area contributed by atoms with Crippen molar-refractivity contribution in [1.29, 1.82) is 0 Å². The van der Waals surface area contributed by atoms with Gasteiger partial charge in [0.2, 0.25) is 11.9 Å². The molecule has 0 atom stereocenters. The molecular formula is C79H47N9O. The van der Waals surface area contributed by atoms with Crippen LogP contribution in [0, 0.1) is 0 Å². The van der Waals surface area contributed by atoms with Gasteiger partial charge in [0.25, 0.3) is 0 Å². The third kappa shape index (κ3) is 7.47. The highest BCUT2D eigenvalue weighted by Crippen LogP contribution is 2.45. The van der Waals surface area contributed by atoms with Crippen molar-refractivity contribution in [3.8, 4) is 68.0 Å². The van der Waals surface area contributed by atoms with Gasteiger partial charge in [0.15, 0.2) is 5.58 Å². The molecule has 0 unspecified atom stereocenters. The van der Waals surface area contributed by atoms with Gasteiger partial charge in [-0.05, 0) is 131 Å². The Hall–Kier alpha value is -12.3. The fraction of sp³-hybridized carbons (Fsp3) is 0. The molecule has 0 spiro atoms. The predicted molar refractivity (Wildman–Crippen MR) is 362 cm³/mol. The highest BCUT2D eigenvalue weighted by atomic mass is 16.3. The number of furan rings is 1. The minimum absolute atomic E-state index is 0.551. The van der Waals surface area contributed by atoms with Crippen molar-refractivity contribution in [3.63, 3.8) is 0 Å². The highest BCUT2D eigenvalue weighted by molar-refractivity contribution is 6.23. The van der Waals surface area contributed by atoms with E-state index in [1.165, 1.54) is 5.39 Å². The molecule has 0 amide bonds. The number of hydrogen-bond donors (Lipinski definition) is 0. The molecule has 0 bridgehead atoms. The smallest absolute Gasteiger partial charge is 0.237 e. The average Bonchev–Trinajstić information content (AvgIpc) is 1.62. The Morgan fingerprint density at radius 1 is 0.258 bits per heavy atom. The number of para-hydroxylation sites is 4. The maximum Gasteiger partial charge on any atom is 0.237 e. The molecule has 10 heteroatoms. The lowest BCUT2D eigenvalue weighted by Gasteiger charge is -2.12. The first-order chi connectivity index (χ1) is 44.1. The van der Waals surface area contributed by atoms with E-state index in [2.05, 4.69) is 278 Å². The Morgan fingerprint density at radius 3 is 1.25 bits per heavy atom. The molecule has 0 N–H and O–H groups in total. The number of hydrogen-bond acceptors (Lipinski definition) is 6. The summed E-state index contributed by atoms with van der Waals surface area (Å²) in [6, 6.07) is 97.6. The van der Waals surface area contributed by atoms with Crippen LogP contribution in [0.2, 0.25) is 0 Å². The van der Waals surface area contributed by atoms with E-state index in [9.17, 15) is 0 Å². The van der Waals surface area contributed by atoms with Gasteiger partial charge in [-0.3, -0.25) is 9.13 Å². The Morgan fingerprint density at radius 2 is 0.674 bits per heavy atom. The summed E-state index contributed by atoms with van der Waals surface area (Å²) in [6.07, 6.45) is 3.13. The van der Waals surface area contributed by atoms with Crippen molar-refractivity contribution < 1.29 is 4.42 Å². The van der Waals surface area contributed by atoms with Crippen LogP contribution in [0.3, 0.4) is 0 Å². The minimum Gasteiger partial charge on any atom is -0.454 e. The van der Waals surface area contributed by atoms with Gasteiger partial charge < -0.3 is 13.6 Å². The Kier molecular flexibility index (Phi) is 10.5. The van der Waals surface area contributed by atoms with E-state index in [-0.39, 0.29) is 0 Å². The fourth-order valence-corrected chi connectivity index (χ4v) is 14.0. The summed E-state index contributed by atoms with van der Waals surface area (Å²) in [5.41, 5.74) is 20.4. The normalized spacial score (nSPS) is 12.0. The van der Waals surface area contributed by atoms with Gasteiger partial charge >= 0.3 is 0 Å². The Labute approximate surface area is 507 Å². The third-order valence-corrected chi connectivity index (χ3v) is 18.0. The standard InChI is InChI=1S/C79H47N9O/c1-5-17-48(18-6-1)66-45-67(49-19-7-2-8-20-49)84-79(83-66)88-72-38-32-53(42-63(72)65-44-73-64(43-74(65)88)56-25-13-15-27-68(56)85(73)54-21-9-3-10-22-54)52-31-37-71-62(41-52)61-40-51(30-36-70(61)87(71)78-81-46-80-47-82-78)50-29-35-69-60(39-50)58-33-34-59-57-26-14-16-28-75(57)89-77(59)76(58)86(69)55-23-11-4-12-24-55/h1-47H. The first-order valence-corrected chi connectivity index (χ1v) is 29.9. The Balaban J connectivity index is 0.827. The minimum atomic E-state index is 0.551. The highest BCUT2D eigenvalue weighted by Gasteiger charge is 2.24. The second-order valence-electron chi connectivity index (χ2n) is 22.9. The first kappa shape index (κ1) is 49.0. The van der Waals surface area contributed by atoms with Crippen LogP contribution in [0.4, 0.5) is 0 Å². The van der Waals surface area contributed by atoms with E-state index >= 15 is 0 Å². The first-order valence-electron chi connectivity index (χ1n) is 29.9. The van der Waals surface area contributed by atoms with Crippen LogP contribution in [-0.4, -0.2) is 43.2 Å². The van der Waals surface area contributed by atoms with Crippen molar-refractivity contribution in [1.82, 2.24) is 43.2 Å². The number of nitrogens with zero attached hydrogens (tertiary/aromatic N) is 9. The number of aromatic nitrogens is 9. The van der Waals surface area contributed by atoms with Crippen LogP contribution in [0.15, 0.2) is 290 Å². The van der Waals surface area contributed by atoms with Gasteiger partial charge in [0, 0.05) is 76.4 Å². The lowest BCUT2D eigenvalue weighted by molar-refractivity contribution is 0.671. The van der Waals surface area contributed by atoms with Crippen LogP contribution in [-0.2, 0) is 0 Å². The molecule has 0 aliphatic rings. The molecule has 89 heavy (non-hydrogen) atoms. The van der Waals surface area contributed by atoms with E-state index in [0.29, 0.717) is 11.9 Å². The largest absolute Gasteiger partial charge is 0.454 e. The van der Waals surface area contributed by atoms with Crippen molar-refractivity contribution in [2.24, 2.45) is 0 Å². The average molecular weight is 1140 g/mol. The van der Waals surface area contributed by atoms with E-state index in [4.69, 9.17) is 24.4 Å². The molecule has 12 aromatic carbocycles. The SMILES string of the molecule is c1ccc(-c2cc(-c3ccccc3)nc(-n3c4ccc(-c5ccc6c(c5)c5cc(-c7ccc8c(c7)c7ccc9c%10ccccc%10oc9c7n8-c7ccccc7)ccc5n6-c5ncncn5)cc4c4cc5c(cc43)c3ccccc3n5-c3ccccc3)n2)cc1. The zero-order chi connectivity index (χ0) is 58.3. The summed E-state index contributed by atoms with van der Waals surface area (Å²) in [6.45, 7) is 0. The second kappa shape index (κ2) is 19.1. The molecule has 7 aromatic heterocycles. The molecule has 0 saturated heterocycles. The van der Waals surface area contributed by atoms with Gasteiger partial charge in [-0.2, -0.15) is 0 Å². The number of rotatable bonds is 8. The number of fused-ring (bicyclic) bond motifs is 16. The van der Waals surface area contributed by atoms with Crippen molar-refractivity contribution >= 4 is 109 Å². The van der Waals surface area contributed by atoms with Crippen LogP contribution in [0.1, 0.15) is 0 Å². The van der Waals surface area contributed by atoms with Crippen molar-refractivity contribution in [3.05, 3.63) is 286 Å². The molecule has 0 aliphatic carbocycles. The molecule has 0 radical (unpaired) electrons. The van der Waals surface area contributed by atoms with Crippen LogP contribution >= 0.6 is 0 Å². The summed E-state index contributed by atoms with van der Waals surface area (Å²) < 4.78 is 15.9. The van der Waals surface area contributed by atoms with E-state index in [1.807, 2.05) is 18.2 Å². The van der Waals surface area contributed by atoms with Gasteiger partial charge in [-0.1, -0.05) is 164 Å². The van der Waals surface area contributed by atoms with Gasteiger partial charge in [-0.25, -0.2) is 24.9 Å².